The second kappa shape index (κ2) is 11.1. The molecule has 0 spiro atoms. The van der Waals surface area contributed by atoms with Gasteiger partial charge in [0.15, 0.2) is 0 Å². The number of carbonyl (C=O) groups excluding carboxylic acids is 1. The van der Waals surface area contributed by atoms with Crippen molar-refractivity contribution in [2.24, 2.45) is 0 Å². The molecule has 1 amide bonds. The van der Waals surface area contributed by atoms with E-state index >= 15 is 0 Å². The van der Waals surface area contributed by atoms with E-state index in [4.69, 9.17) is 4.74 Å². The number of anilines is 2. The average Bonchev–Trinajstić information content (AvgIpc) is 2.87. The smallest absolute Gasteiger partial charge is 0.251 e. The molecule has 6 nitrogen and oxygen atoms in total. The van der Waals surface area contributed by atoms with E-state index in [1.165, 1.54) is 5.56 Å². The van der Waals surface area contributed by atoms with Gasteiger partial charge in [-0.05, 0) is 61.4 Å². The highest BCUT2D eigenvalue weighted by atomic mass is 16.5. The zero-order chi connectivity index (χ0) is 23.8. The van der Waals surface area contributed by atoms with Gasteiger partial charge in [-0.3, -0.25) is 4.79 Å². The van der Waals surface area contributed by atoms with Crippen LogP contribution in [0.1, 0.15) is 34.8 Å². The number of aromatic nitrogens is 2. The summed E-state index contributed by atoms with van der Waals surface area (Å²) in [6.45, 7) is 5.29. The Morgan fingerprint density at radius 3 is 2.47 bits per heavy atom. The molecule has 1 aromatic heterocycles. The van der Waals surface area contributed by atoms with E-state index in [1.54, 1.807) is 18.5 Å². The molecule has 0 bridgehead atoms. The third-order valence-corrected chi connectivity index (χ3v) is 5.25. The summed E-state index contributed by atoms with van der Waals surface area (Å²) in [5.41, 5.74) is 5.52. The van der Waals surface area contributed by atoms with E-state index in [0.29, 0.717) is 24.5 Å². The zero-order valence-corrected chi connectivity index (χ0v) is 19.4. The monoisotopic (exact) mass is 452 g/mol. The lowest BCUT2D eigenvalue weighted by atomic mass is 10.1. The van der Waals surface area contributed by atoms with Gasteiger partial charge in [-0.2, -0.15) is 0 Å². The summed E-state index contributed by atoms with van der Waals surface area (Å²) < 4.78 is 5.59. The fraction of sp³-hybridized carbons (Fsp3) is 0.179. The molecule has 6 heteroatoms. The predicted octanol–water partition coefficient (Wildman–Crippen LogP) is 5.91. The third-order valence-electron chi connectivity index (χ3n) is 5.25. The topological polar surface area (TPSA) is 76.1 Å². The van der Waals surface area contributed by atoms with E-state index in [0.717, 1.165) is 34.7 Å². The molecule has 4 rings (SSSR count). The van der Waals surface area contributed by atoms with E-state index in [2.05, 4.69) is 46.6 Å². The van der Waals surface area contributed by atoms with Crippen LogP contribution in [0.25, 0.3) is 11.3 Å². The number of ether oxygens (including phenoxy) is 1. The first-order chi connectivity index (χ1) is 16.6. The predicted molar refractivity (Wildman–Crippen MR) is 135 cm³/mol. The Labute approximate surface area is 200 Å². The molecule has 0 unspecified atom stereocenters. The molecule has 3 aromatic carbocycles. The fourth-order valence-corrected chi connectivity index (χ4v) is 3.45. The van der Waals surface area contributed by atoms with Crippen molar-refractivity contribution in [1.29, 1.82) is 0 Å². The molecule has 0 fully saturated rings. The number of amides is 1. The minimum absolute atomic E-state index is 0.123. The van der Waals surface area contributed by atoms with Gasteiger partial charge in [0.05, 0.1) is 12.3 Å². The molecule has 2 N–H and O–H groups in total. The van der Waals surface area contributed by atoms with Crippen LogP contribution in [0.5, 0.6) is 5.75 Å². The van der Waals surface area contributed by atoms with E-state index in [-0.39, 0.29) is 5.91 Å². The second-order valence-corrected chi connectivity index (χ2v) is 8.04. The van der Waals surface area contributed by atoms with Crippen LogP contribution >= 0.6 is 0 Å². The van der Waals surface area contributed by atoms with Crippen molar-refractivity contribution in [1.82, 2.24) is 15.3 Å². The van der Waals surface area contributed by atoms with Crippen molar-refractivity contribution < 1.29 is 9.53 Å². The number of carbonyl (C=O) groups is 1. The summed E-state index contributed by atoms with van der Waals surface area (Å²) in [5, 5.41) is 6.23. The molecule has 172 valence electrons. The van der Waals surface area contributed by atoms with Crippen LogP contribution in [0.4, 0.5) is 11.5 Å². The summed E-state index contributed by atoms with van der Waals surface area (Å²) in [4.78, 5) is 21.2. The van der Waals surface area contributed by atoms with E-state index in [9.17, 15) is 4.79 Å². The van der Waals surface area contributed by atoms with Gasteiger partial charge in [-0.1, -0.05) is 42.8 Å². The van der Waals surface area contributed by atoms with E-state index < -0.39 is 0 Å². The third kappa shape index (κ3) is 6.19. The summed E-state index contributed by atoms with van der Waals surface area (Å²) in [6, 6.07) is 25.2. The lowest BCUT2D eigenvalue weighted by molar-refractivity contribution is 0.0951. The van der Waals surface area contributed by atoms with Crippen molar-refractivity contribution in [3.63, 3.8) is 0 Å². The molecule has 0 atom stereocenters. The highest BCUT2D eigenvalue weighted by molar-refractivity contribution is 5.94. The summed E-state index contributed by atoms with van der Waals surface area (Å²) >= 11 is 0. The normalized spacial score (nSPS) is 10.5. The Hall–Kier alpha value is -4.19. The summed E-state index contributed by atoms with van der Waals surface area (Å²) in [7, 11) is 0. The van der Waals surface area contributed by atoms with Crippen LogP contribution in [0, 0.1) is 6.92 Å². The molecule has 0 aliphatic heterocycles. The molecule has 0 aliphatic carbocycles. The first-order valence-electron chi connectivity index (χ1n) is 11.4. The van der Waals surface area contributed by atoms with Crippen LogP contribution in [0.15, 0.2) is 85.2 Å². The maximum Gasteiger partial charge on any atom is 0.251 e. The van der Waals surface area contributed by atoms with Gasteiger partial charge in [0.2, 0.25) is 0 Å². The SMILES string of the molecule is CCCOc1ccc(CNC(=O)c2ccc(Nc3cc(-c4cccc(C)c4)ncn3)cc2)cc1. The van der Waals surface area contributed by atoms with Crippen LogP contribution in [-0.2, 0) is 6.54 Å². The maximum atomic E-state index is 12.5. The van der Waals surface area contributed by atoms with Crippen molar-refractivity contribution in [2.75, 3.05) is 11.9 Å². The van der Waals surface area contributed by atoms with Crippen molar-refractivity contribution in [3.05, 3.63) is 102 Å². The molecule has 4 aromatic rings. The Bertz CT molecular complexity index is 1240. The first-order valence-corrected chi connectivity index (χ1v) is 11.4. The van der Waals surface area contributed by atoms with Crippen LogP contribution in [0.2, 0.25) is 0 Å². The van der Waals surface area contributed by atoms with Gasteiger partial charge in [0.25, 0.3) is 5.91 Å². The number of aryl methyl sites for hydroxylation is 1. The van der Waals surface area contributed by atoms with Crippen LogP contribution in [0.3, 0.4) is 0 Å². The molecule has 0 aliphatic rings. The van der Waals surface area contributed by atoms with Crippen LogP contribution < -0.4 is 15.4 Å². The zero-order valence-electron chi connectivity index (χ0n) is 19.4. The highest BCUT2D eigenvalue weighted by Gasteiger charge is 2.07. The quantitative estimate of drug-likeness (QED) is 0.330. The van der Waals surface area contributed by atoms with Gasteiger partial charge in [0, 0.05) is 29.4 Å². The summed E-state index contributed by atoms with van der Waals surface area (Å²) in [5.74, 6) is 1.41. The second-order valence-electron chi connectivity index (χ2n) is 8.04. The standard InChI is InChI=1S/C28H28N4O2/c1-3-15-34-25-13-7-21(8-14-25)18-29-28(33)22-9-11-24(12-10-22)32-27-17-26(30-19-31-27)23-6-4-5-20(2)16-23/h4-14,16-17,19H,3,15,18H2,1-2H3,(H,29,33)(H,30,31,32). The van der Waals surface area contributed by atoms with Crippen molar-refractivity contribution >= 4 is 17.4 Å². The lowest BCUT2D eigenvalue weighted by Crippen LogP contribution is -2.22. The number of nitrogens with one attached hydrogen (secondary N) is 2. The Kier molecular flexibility index (Phi) is 7.50. The van der Waals surface area contributed by atoms with Gasteiger partial charge in [0.1, 0.15) is 17.9 Å². The Balaban J connectivity index is 1.34. The van der Waals surface area contributed by atoms with Crippen molar-refractivity contribution in [2.45, 2.75) is 26.8 Å². The maximum absolute atomic E-state index is 12.5. The summed E-state index contributed by atoms with van der Waals surface area (Å²) in [6.07, 6.45) is 2.52. The Morgan fingerprint density at radius 1 is 0.941 bits per heavy atom. The van der Waals surface area contributed by atoms with Gasteiger partial charge < -0.3 is 15.4 Å². The number of hydrogen-bond acceptors (Lipinski definition) is 5. The number of hydrogen-bond donors (Lipinski definition) is 2. The number of rotatable bonds is 9. The number of nitrogens with zero attached hydrogens (tertiary/aromatic N) is 2. The molecule has 34 heavy (non-hydrogen) atoms. The first kappa shape index (κ1) is 23.0. The molecular formula is C28H28N4O2. The lowest BCUT2D eigenvalue weighted by Gasteiger charge is -2.10. The molecule has 0 saturated heterocycles. The largest absolute Gasteiger partial charge is 0.494 e. The minimum Gasteiger partial charge on any atom is -0.494 e. The van der Waals surface area contributed by atoms with Crippen LogP contribution in [-0.4, -0.2) is 22.5 Å². The highest BCUT2D eigenvalue weighted by Crippen LogP contribution is 2.22. The molecular weight excluding hydrogens is 424 g/mol. The van der Waals surface area contributed by atoms with Crippen molar-refractivity contribution in [3.8, 4) is 17.0 Å². The molecule has 0 radical (unpaired) electrons. The average molecular weight is 453 g/mol. The minimum atomic E-state index is -0.123. The fourth-order valence-electron chi connectivity index (χ4n) is 3.45. The molecule has 0 saturated carbocycles. The number of benzene rings is 3. The van der Waals surface area contributed by atoms with Gasteiger partial charge in [-0.25, -0.2) is 9.97 Å². The van der Waals surface area contributed by atoms with Gasteiger partial charge >= 0.3 is 0 Å². The molecule has 1 heterocycles. The Morgan fingerprint density at radius 2 is 1.74 bits per heavy atom. The van der Waals surface area contributed by atoms with E-state index in [1.807, 2.05) is 54.6 Å². The van der Waals surface area contributed by atoms with Gasteiger partial charge in [-0.15, -0.1) is 0 Å².